The monoisotopic (exact) mass is 148 g/mol. The van der Waals surface area contributed by atoms with Gasteiger partial charge in [-0.3, -0.25) is 0 Å². The topological polar surface area (TPSA) is 77.8 Å². The maximum absolute atomic E-state index is 9.96. The summed E-state index contributed by atoms with van der Waals surface area (Å²) in [6.45, 7) is -1.13. The average Bonchev–Trinajstić information content (AvgIpc) is 2.01. The van der Waals surface area contributed by atoms with E-state index in [9.17, 15) is 4.79 Å². The summed E-state index contributed by atoms with van der Waals surface area (Å²) in [4.78, 5) is 9.96. The Morgan fingerprint density at radius 2 is 1.50 bits per heavy atom. The number of rotatable bonds is 5. The molecule has 4 nitrogen and oxygen atoms in total. The highest BCUT2D eigenvalue weighted by atomic mass is 16.3. The third-order valence-corrected chi connectivity index (χ3v) is 1.52. The molecule has 0 atom stereocenters. The van der Waals surface area contributed by atoms with E-state index in [0.29, 0.717) is 6.29 Å². The summed E-state index contributed by atoms with van der Waals surface area (Å²) < 4.78 is 0. The first-order valence-corrected chi connectivity index (χ1v) is 3.01. The van der Waals surface area contributed by atoms with Crippen molar-refractivity contribution in [2.45, 2.75) is 6.42 Å². The van der Waals surface area contributed by atoms with Crippen LogP contribution in [0.2, 0.25) is 0 Å². The molecule has 0 unspecified atom stereocenters. The molecule has 0 spiro atoms. The Hall–Kier alpha value is -0.450. The molecule has 0 aliphatic heterocycles. The van der Waals surface area contributed by atoms with Crippen molar-refractivity contribution in [1.29, 1.82) is 0 Å². The van der Waals surface area contributed by atoms with Gasteiger partial charge in [-0.05, 0) is 0 Å². The molecule has 0 bridgehead atoms. The van der Waals surface area contributed by atoms with Gasteiger partial charge in [0.25, 0.3) is 0 Å². The summed E-state index contributed by atoms with van der Waals surface area (Å²) in [5, 5.41) is 25.9. The molecule has 60 valence electrons. The summed E-state index contributed by atoms with van der Waals surface area (Å²) in [5.74, 6) is 0. The van der Waals surface area contributed by atoms with Gasteiger partial charge in [-0.15, -0.1) is 0 Å². The van der Waals surface area contributed by atoms with Crippen molar-refractivity contribution >= 4 is 6.29 Å². The first kappa shape index (κ1) is 9.55. The standard InChI is InChI=1S/C6H12O4/c7-2-1-6(3-8,4-9)5-10/h2,8-10H,1,3-5H2. The minimum atomic E-state index is -1.03. The van der Waals surface area contributed by atoms with Crippen molar-refractivity contribution in [1.82, 2.24) is 0 Å². The van der Waals surface area contributed by atoms with Gasteiger partial charge < -0.3 is 20.1 Å². The second-order valence-corrected chi connectivity index (χ2v) is 2.35. The molecule has 3 N–H and O–H groups in total. The Kier molecular flexibility index (Phi) is 4.18. The first-order chi connectivity index (χ1) is 4.74. The third kappa shape index (κ3) is 2.06. The molecule has 0 aliphatic rings. The Morgan fingerprint density at radius 1 is 1.10 bits per heavy atom. The van der Waals surface area contributed by atoms with Crippen LogP contribution in [0.25, 0.3) is 0 Å². The lowest BCUT2D eigenvalue weighted by Crippen LogP contribution is -2.34. The van der Waals surface area contributed by atoms with E-state index in [-0.39, 0.29) is 26.2 Å². The second kappa shape index (κ2) is 4.38. The quantitative estimate of drug-likeness (QED) is 0.416. The van der Waals surface area contributed by atoms with E-state index in [1.165, 1.54) is 0 Å². The van der Waals surface area contributed by atoms with Crippen LogP contribution >= 0.6 is 0 Å². The van der Waals surface area contributed by atoms with Crippen LogP contribution < -0.4 is 0 Å². The molecule has 0 rings (SSSR count). The van der Waals surface area contributed by atoms with E-state index in [0.717, 1.165) is 0 Å². The van der Waals surface area contributed by atoms with E-state index in [2.05, 4.69) is 0 Å². The van der Waals surface area contributed by atoms with Gasteiger partial charge in [0.15, 0.2) is 0 Å². The smallest absolute Gasteiger partial charge is 0.120 e. The van der Waals surface area contributed by atoms with Crippen molar-refractivity contribution in [3.63, 3.8) is 0 Å². The molecule has 0 amide bonds. The van der Waals surface area contributed by atoms with Crippen molar-refractivity contribution in [2.24, 2.45) is 5.41 Å². The average molecular weight is 148 g/mol. The fourth-order valence-electron chi connectivity index (χ4n) is 0.520. The highest BCUT2D eigenvalue weighted by molar-refractivity contribution is 5.50. The van der Waals surface area contributed by atoms with Crippen LogP contribution in [-0.4, -0.2) is 41.4 Å². The Morgan fingerprint density at radius 3 is 1.60 bits per heavy atom. The Bertz CT molecular complexity index is 89.7. The molecule has 0 heterocycles. The van der Waals surface area contributed by atoms with E-state index in [4.69, 9.17) is 15.3 Å². The number of aldehydes is 1. The predicted octanol–water partition coefficient (Wildman–Crippen LogP) is -1.46. The van der Waals surface area contributed by atoms with Crippen molar-refractivity contribution in [3.05, 3.63) is 0 Å². The van der Waals surface area contributed by atoms with Gasteiger partial charge in [0, 0.05) is 11.8 Å². The lowest BCUT2D eigenvalue weighted by Gasteiger charge is -2.23. The van der Waals surface area contributed by atoms with Crippen LogP contribution in [0.4, 0.5) is 0 Å². The van der Waals surface area contributed by atoms with Gasteiger partial charge in [0.05, 0.1) is 19.8 Å². The zero-order chi connectivity index (χ0) is 8.04. The number of aliphatic hydroxyl groups excluding tert-OH is 3. The zero-order valence-corrected chi connectivity index (χ0v) is 5.66. The number of aliphatic hydroxyl groups is 3. The summed E-state index contributed by atoms with van der Waals surface area (Å²) in [6.07, 6.45) is 0.555. The highest BCUT2D eigenvalue weighted by Gasteiger charge is 2.27. The molecule has 0 saturated carbocycles. The Labute approximate surface area is 59.1 Å². The first-order valence-electron chi connectivity index (χ1n) is 3.01. The van der Waals surface area contributed by atoms with Crippen molar-refractivity contribution in [2.75, 3.05) is 19.8 Å². The normalized spacial score (nSPS) is 11.5. The van der Waals surface area contributed by atoms with E-state index >= 15 is 0 Å². The van der Waals surface area contributed by atoms with Gasteiger partial charge in [-0.2, -0.15) is 0 Å². The molecule has 0 radical (unpaired) electrons. The van der Waals surface area contributed by atoms with Crippen LogP contribution in [0.1, 0.15) is 6.42 Å². The molecular formula is C6H12O4. The fourth-order valence-corrected chi connectivity index (χ4v) is 0.520. The van der Waals surface area contributed by atoms with Crippen LogP contribution in [0.5, 0.6) is 0 Å². The van der Waals surface area contributed by atoms with Gasteiger partial charge >= 0.3 is 0 Å². The van der Waals surface area contributed by atoms with Crippen LogP contribution in [-0.2, 0) is 4.79 Å². The zero-order valence-electron chi connectivity index (χ0n) is 5.66. The van der Waals surface area contributed by atoms with E-state index in [1.807, 2.05) is 0 Å². The van der Waals surface area contributed by atoms with Crippen molar-refractivity contribution < 1.29 is 20.1 Å². The number of hydrogen-bond donors (Lipinski definition) is 3. The largest absolute Gasteiger partial charge is 0.396 e. The minimum absolute atomic E-state index is 0.0174. The van der Waals surface area contributed by atoms with E-state index < -0.39 is 5.41 Å². The number of hydrogen-bond acceptors (Lipinski definition) is 4. The molecule has 0 aliphatic carbocycles. The molecule has 10 heavy (non-hydrogen) atoms. The summed E-state index contributed by atoms with van der Waals surface area (Å²) in [5.41, 5.74) is -1.03. The van der Waals surface area contributed by atoms with Crippen molar-refractivity contribution in [3.8, 4) is 0 Å². The molecule has 4 heteroatoms. The van der Waals surface area contributed by atoms with Gasteiger partial charge in [-0.25, -0.2) is 0 Å². The lowest BCUT2D eigenvalue weighted by molar-refractivity contribution is -0.113. The SMILES string of the molecule is O=CCC(CO)(CO)CO. The lowest BCUT2D eigenvalue weighted by atomic mass is 9.88. The van der Waals surface area contributed by atoms with Gasteiger partial charge in [0.2, 0.25) is 0 Å². The number of carbonyl (C=O) groups excluding carboxylic acids is 1. The maximum Gasteiger partial charge on any atom is 0.120 e. The third-order valence-electron chi connectivity index (χ3n) is 1.52. The molecule has 0 saturated heterocycles. The molecule has 0 aromatic heterocycles. The minimum Gasteiger partial charge on any atom is -0.396 e. The number of carbonyl (C=O) groups is 1. The molecule has 0 aromatic rings. The fraction of sp³-hybridized carbons (Fsp3) is 0.833. The van der Waals surface area contributed by atoms with E-state index in [1.54, 1.807) is 0 Å². The van der Waals surface area contributed by atoms with Crippen LogP contribution in [0.15, 0.2) is 0 Å². The van der Waals surface area contributed by atoms with Crippen LogP contribution in [0, 0.1) is 5.41 Å². The summed E-state index contributed by atoms with van der Waals surface area (Å²) in [6, 6.07) is 0. The Balaban J connectivity index is 4.00. The predicted molar refractivity (Wildman–Crippen MR) is 34.4 cm³/mol. The maximum atomic E-state index is 9.96. The highest BCUT2D eigenvalue weighted by Crippen LogP contribution is 2.17. The molecule has 0 aromatic carbocycles. The summed E-state index contributed by atoms with van der Waals surface area (Å²) in [7, 11) is 0. The second-order valence-electron chi connectivity index (χ2n) is 2.35. The summed E-state index contributed by atoms with van der Waals surface area (Å²) >= 11 is 0. The van der Waals surface area contributed by atoms with Crippen LogP contribution in [0.3, 0.4) is 0 Å². The molecular weight excluding hydrogens is 136 g/mol. The van der Waals surface area contributed by atoms with Gasteiger partial charge in [-0.1, -0.05) is 0 Å². The van der Waals surface area contributed by atoms with Gasteiger partial charge in [0.1, 0.15) is 6.29 Å². The molecule has 0 fully saturated rings.